The van der Waals surface area contributed by atoms with E-state index in [1.165, 1.54) is 29.5 Å². The van der Waals surface area contributed by atoms with Gasteiger partial charge in [-0.25, -0.2) is 0 Å². The fraction of sp³-hybridized carbons (Fsp3) is 0.250. The number of aromatic nitrogens is 1. The number of nitrogen functional groups attached to an aromatic ring is 1. The van der Waals surface area contributed by atoms with Gasteiger partial charge in [0, 0.05) is 29.5 Å². The molecule has 0 radical (unpaired) electrons. The van der Waals surface area contributed by atoms with Gasteiger partial charge in [-0.05, 0) is 55.5 Å². The number of nitrogens with one attached hydrogen (secondary N) is 1. The molecule has 0 unspecified atom stereocenters. The summed E-state index contributed by atoms with van der Waals surface area (Å²) >= 11 is 0. The number of carbonyl (C=O) groups excluding carboxylic acids is 1. The first kappa shape index (κ1) is 14.8. The molecule has 24 heavy (non-hydrogen) atoms. The predicted molar refractivity (Wildman–Crippen MR) is 98.4 cm³/mol. The van der Waals surface area contributed by atoms with Gasteiger partial charge >= 0.3 is 0 Å². The molecule has 1 aliphatic rings. The van der Waals surface area contributed by atoms with E-state index >= 15 is 0 Å². The Kier molecular flexibility index (Phi) is 3.53. The summed E-state index contributed by atoms with van der Waals surface area (Å²) in [5, 5.41) is 4.18. The van der Waals surface area contributed by atoms with Crippen molar-refractivity contribution in [2.75, 3.05) is 11.1 Å². The summed E-state index contributed by atoms with van der Waals surface area (Å²) in [4.78, 5) is 12.8. The van der Waals surface area contributed by atoms with Crippen molar-refractivity contribution in [2.24, 2.45) is 7.05 Å². The van der Waals surface area contributed by atoms with E-state index in [0.29, 0.717) is 11.3 Å². The van der Waals surface area contributed by atoms with Crippen LogP contribution in [0.1, 0.15) is 34.5 Å². The number of amides is 1. The summed E-state index contributed by atoms with van der Waals surface area (Å²) in [7, 11) is 2.07. The highest BCUT2D eigenvalue weighted by molar-refractivity contribution is 6.13. The van der Waals surface area contributed by atoms with Crippen LogP contribution >= 0.6 is 0 Å². The number of nitrogens with two attached hydrogens (primary N) is 1. The molecule has 1 amide bonds. The first-order chi connectivity index (χ1) is 11.6. The lowest BCUT2D eigenvalue weighted by Gasteiger charge is -2.13. The second-order valence-electron chi connectivity index (χ2n) is 6.47. The number of para-hydroxylation sites is 1. The van der Waals surface area contributed by atoms with Crippen molar-refractivity contribution in [3.63, 3.8) is 0 Å². The van der Waals surface area contributed by atoms with Gasteiger partial charge in [-0.2, -0.15) is 0 Å². The molecular formula is C20H21N3O. The normalized spacial score (nSPS) is 13.7. The quantitative estimate of drug-likeness (QED) is 0.704. The van der Waals surface area contributed by atoms with Crippen molar-refractivity contribution in [2.45, 2.75) is 25.7 Å². The van der Waals surface area contributed by atoms with Gasteiger partial charge in [0.05, 0.1) is 11.1 Å². The van der Waals surface area contributed by atoms with Gasteiger partial charge in [0.25, 0.3) is 5.91 Å². The van der Waals surface area contributed by atoms with Crippen LogP contribution in [0.3, 0.4) is 0 Å². The minimum Gasteiger partial charge on any atom is -0.399 e. The van der Waals surface area contributed by atoms with Crippen LogP contribution in [-0.4, -0.2) is 10.5 Å². The van der Waals surface area contributed by atoms with Gasteiger partial charge in [0.1, 0.15) is 0 Å². The Morgan fingerprint density at radius 3 is 2.75 bits per heavy atom. The number of anilines is 2. The lowest BCUT2D eigenvalue weighted by Crippen LogP contribution is -2.13. The molecule has 0 bridgehead atoms. The number of rotatable bonds is 2. The molecule has 3 aromatic rings. The third-order valence-corrected chi connectivity index (χ3v) is 4.93. The fourth-order valence-electron chi connectivity index (χ4n) is 3.83. The molecule has 0 spiro atoms. The molecule has 0 aliphatic heterocycles. The van der Waals surface area contributed by atoms with Gasteiger partial charge in [-0.3, -0.25) is 4.79 Å². The van der Waals surface area contributed by atoms with E-state index in [1.807, 2.05) is 30.3 Å². The molecular weight excluding hydrogens is 298 g/mol. The van der Waals surface area contributed by atoms with Gasteiger partial charge in [0.2, 0.25) is 0 Å². The molecule has 122 valence electrons. The van der Waals surface area contributed by atoms with Crippen LogP contribution in [0, 0.1) is 0 Å². The molecule has 1 aromatic heterocycles. The van der Waals surface area contributed by atoms with Crippen molar-refractivity contribution in [3.8, 4) is 0 Å². The van der Waals surface area contributed by atoms with Gasteiger partial charge in [-0.15, -0.1) is 0 Å². The first-order valence-electron chi connectivity index (χ1n) is 8.41. The Morgan fingerprint density at radius 2 is 1.92 bits per heavy atom. The van der Waals surface area contributed by atoms with E-state index in [2.05, 4.69) is 23.0 Å². The summed E-state index contributed by atoms with van der Waals surface area (Å²) in [5.74, 6) is -0.0934. The fourth-order valence-corrected chi connectivity index (χ4v) is 3.83. The maximum absolute atomic E-state index is 12.8. The van der Waals surface area contributed by atoms with Gasteiger partial charge in [-0.1, -0.05) is 18.2 Å². The van der Waals surface area contributed by atoms with Crippen molar-refractivity contribution in [3.05, 3.63) is 59.3 Å². The van der Waals surface area contributed by atoms with Crippen LogP contribution in [0.5, 0.6) is 0 Å². The highest BCUT2D eigenvalue weighted by Gasteiger charge is 2.22. The topological polar surface area (TPSA) is 60.0 Å². The number of hydrogen-bond donors (Lipinski definition) is 2. The minimum atomic E-state index is -0.0934. The Hall–Kier alpha value is -2.75. The Balaban J connectivity index is 1.79. The summed E-state index contributed by atoms with van der Waals surface area (Å²) in [5.41, 5.74) is 11.7. The number of benzene rings is 2. The highest BCUT2D eigenvalue weighted by Crippen LogP contribution is 2.33. The molecule has 2 aromatic carbocycles. The number of nitrogens with zero attached hydrogens (tertiary/aromatic N) is 1. The number of fused-ring (bicyclic) bond motifs is 3. The van der Waals surface area contributed by atoms with Crippen LogP contribution in [0.2, 0.25) is 0 Å². The lowest BCUT2D eigenvalue weighted by atomic mass is 9.95. The van der Waals surface area contributed by atoms with Crippen molar-refractivity contribution in [1.82, 2.24) is 4.57 Å². The van der Waals surface area contributed by atoms with Crippen molar-refractivity contribution < 1.29 is 4.79 Å². The molecule has 3 N–H and O–H groups in total. The second kappa shape index (κ2) is 5.71. The maximum Gasteiger partial charge on any atom is 0.257 e. The van der Waals surface area contributed by atoms with Crippen LogP contribution in [-0.2, 0) is 19.9 Å². The SMILES string of the molecule is Cn1c2c(c3cccc(C(=O)Nc4cccc(N)c4)c31)CCCC2. The maximum atomic E-state index is 12.8. The molecule has 0 saturated heterocycles. The predicted octanol–water partition coefficient (Wildman–Crippen LogP) is 3.89. The summed E-state index contributed by atoms with van der Waals surface area (Å²) in [6.45, 7) is 0. The summed E-state index contributed by atoms with van der Waals surface area (Å²) in [6.07, 6.45) is 4.65. The molecule has 1 heterocycles. The van der Waals surface area contributed by atoms with Crippen molar-refractivity contribution >= 4 is 28.2 Å². The van der Waals surface area contributed by atoms with E-state index < -0.39 is 0 Å². The highest BCUT2D eigenvalue weighted by atomic mass is 16.1. The smallest absolute Gasteiger partial charge is 0.257 e. The Labute approximate surface area is 141 Å². The average Bonchev–Trinajstić information content (AvgIpc) is 2.88. The van der Waals surface area contributed by atoms with Crippen molar-refractivity contribution in [1.29, 1.82) is 0 Å². The first-order valence-corrected chi connectivity index (χ1v) is 8.41. The largest absolute Gasteiger partial charge is 0.399 e. The monoisotopic (exact) mass is 319 g/mol. The third kappa shape index (κ3) is 2.35. The van der Waals surface area contributed by atoms with Crippen LogP contribution in [0.25, 0.3) is 10.9 Å². The Bertz CT molecular complexity index is 939. The lowest BCUT2D eigenvalue weighted by molar-refractivity contribution is 0.102. The molecule has 4 rings (SSSR count). The molecule has 0 saturated carbocycles. The molecule has 4 nitrogen and oxygen atoms in total. The zero-order valence-electron chi connectivity index (χ0n) is 13.8. The molecule has 0 fully saturated rings. The second-order valence-corrected chi connectivity index (χ2v) is 6.47. The molecule has 0 atom stereocenters. The zero-order chi connectivity index (χ0) is 16.7. The standard InChI is InChI=1S/C20H21N3O/c1-23-18-11-3-2-8-15(18)16-9-5-10-17(19(16)23)20(24)22-14-7-4-6-13(21)12-14/h4-7,9-10,12H,2-3,8,11,21H2,1H3,(H,22,24). The van der Waals surface area contributed by atoms with E-state index in [-0.39, 0.29) is 5.91 Å². The zero-order valence-corrected chi connectivity index (χ0v) is 13.8. The van der Waals surface area contributed by atoms with E-state index in [9.17, 15) is 4.79 Å². The number of hydrogen-bond acceptors (Lipinski definition) is 2. The minimum absolute atomic E-state index is 0.0934. The average molecular weight is 319 g/mol. The van der Waals surface area contributed by atoms with Crippen LogP contribution in [0.4, 0.5) is 11.4 Å². The molecule has 1 aliphatic carbocycles. The number of aryl methyl sites for hydroxylation is 2. The van der Waals surface area contributed by atoms with Gasteiger partial charge in [0.15, 0.2) is 0 Å². The Morgan fingerprint density at radius 1 is 1.12 bits per heavy atom. The van der Waals surface area contributed by atoms with Gasteiger partial charge < -0.3 is 15.6 Å². The summed E-state index contributed by atoms with van der Waals surface area (Å²) < 4.78 is 2.21. The summed E-state index contributed by atoms with van der Waals surface area (Å²) in [6, 6.07) is 13.3. The third-order valence-electron chi connectivity index (χ3n) is 4.93. The molecule has 4 heteroatoms. The van der Waals surface area contributed by atoms with E-state index in [1.54, 1.807) is 6.07 Å². The van der Waals surface area contributed by atoms with Crippen LogP contribution in [0.15, 0.2) is 42.5 Å². The van der Waals surface area contributed by atoms with Crippen LogP contribution < -0.4 is 11.1 Å². The van der Waals surface area contributed by atoms with E-state index in [4.69, 9.17) is 5.73 Å². The van der Waals surface area contributed by atoms with E-state index in [0.717, 1.165) is 24.0 Å². The number of carbonyl (C=O) groups is 1.